The maximum atomic E-state index is 13.4. The number of H-pyrrole nitrogens is 1. The van der Waals surface area contributed by atoms with Crippen molar-refractivity contribution in [2.24, 2.45) is 0 Å². The van der Waals surface area contributed by atoms with Gasteiger partial charge in [-0.05, 0) is 51.4 Å². The Kier molecular flexibility index (Phi) is 16.5. The summed E-state index contributed by atoms with van der Waals surface area (Å²) in [7, 11) is 0. The van der Waals surface area contributed by atoms with Gasteiger partial charge in [0.05, 0.1) is 0 Å². The molecule has 2 saturated heterocycles. The van der Waals surface area contributed by atoms with Gasteiger partial charge in [0.25, 0.3) is 23.6 Å². The number of nitrogens with zero attached hydrogens (tertiary/aromatic N) is 9. The zero-order chi connectivity index (χ0) is 54.1. The lowest BCUT2D eigenvalue weighted by atomic mass is 9.77. The first-order valence-corrected chi connectivity index (χ1v) is 26.0. The molecule has 4 amide bonds. The number of aromatic nitrogens is 8. The lowest BCUT2D eigenvalue weighted by molar-refractivity contribution is -0.173. The first-order chi connectivity index (χ1) is 37.4. The van der Waals surface area contributed by atoms with E-state index in [1.165, 1.54) is 0 Å². The van der Waals surface area contributed by atoms with Crippen LogP contribution < -0.4 is 0 Å². The predicted molar refractivity (Wildman–Crippen MR) is 283 cm³/mol. The van der Waals surface area contributed by atoms with E-state index in [4.69, 9.17) is 43.2 Å². The van der Waals surface area contributed by atoms with Crippen molar-refractivity contribution < 1.29 is 38.4 Å². The second kappa shape index (κ2) is 23.9. The van der Waals surface area contributed by atoms with Gasteiger partial charge in [-0.3, -0.25) is 19.2 Å². The fraction of sp³-hybridized carbons (Fsp3) is 0.246. The molecule has 2 aliphatic heterocycles. The highest BCUT2D eigenvalue weighted by molar-refractivity contribution is 6.32. The van der Waals surface area contributed by atoms with E-state index >= 15 is 0 Å². The van der Waals surface area contributed by atoms with Crippen LogP contribution in [0.25, 0.3) is 22.5 Å². The third-order valence-electron chi connectivity index (χ3n) is 13.0. The van der Waals surface area contributed by atoms with Crippen LogP contribution in [0.3, 0.4) is 0 Å². The van der Waals surface area contributed by atoms with Crippen molar-refractivity contribution in [3.63, 3.8) is 0 Å². The molecule has 0 unspecified atom stereocenters. The molecule has 1 N–H and O–H groups in total. The Labute approximate surface area is 452 Å². The highest BCUT2D eigenvalue weighted by Crippen LogP contribution is 2.41. The maximum Gasteiger partial charge on any atom is 0.385 e. The lowest BCUT2D eigenvalue weighted by Crippen LogP contribution is -2.39. The number of imide groups is 2. The molecule has 0 aliphatic carbocycles. The third-order valence-corrected chi connectivity index (χ3v) is 13.6. The summed E-state index contributed by atoms with van der Waals surface area (Å²) in [5.41, 5.74) is 5.42. The van der Waals surface area contributed by atoms with Gasteiger partial charge in [0, 0.05) is 50.6 Å². The van der Waals surface area contributed by atoms with Gasteiger partial charge in [-0.2, -0.15) is 0 Å². The zero-order valence-corrected chi connectivity index (χ0v) is 43.6. The number of hydroxylamine groups is 4. The molecule has 20 heteroatoms. The number of hydrogen-bond donors (Lipinski definition) is 1. The summed E-state index contributed by atoms with van der Waals surface area (Å²) >= 11 is 12.4. The quantitative estimate of drug-likeness (QED) is 0.0626. The van der Waals surface area contributed by atoms with Gasteiger partial charge in [0.15, 0.2) is 22.1 Å². The fourth-order valence-corrected chi connectivity index (χ4v) is 9.68. The van der Waals surface area contributed by atoms with Crippen molar-refractivity contribution in [3.8, 4) is 22.5 Å². The average molecular weight is 1080 g/mol. The molecule has 77 heavy (non-hydrogen) atoms. The normalized spacial score (nSPS) is 13.5. The largest absolute Gasteiger partial charge is 0.385 e. The monoisotopic (exact) mass is 1070 g/mol. The fourth-order valence-electron chi connectivity index (χ4n) is 9.17. The summed E-state index contributed by atoms with van der Waals surface area (Å²) in [5, 5.41) is 15.5. The highest BCUT2D eigenvalue weighted by Gasteiger charge is 2.42. The van der Waals surface area contributed by atoms with Crippen LogP contribution in [0.5, 0.6) is 0 Å². The van der Waals surface area contributed by atoms with E-state index in [9.17, 15) is 28.8 Å². The van der Waals surface area contributed by atoms with Crippen LogP contribution in [0.15, 0.2) is 140 Å². The number of benzene rings is 5. The first-order valence-electron chi connectivity index (χ1n) is 25.2. The summed E-state index contributed by atoms with van der Waals surface area (Å²) in [5.74, 6) is -2.41. The number of carbonyl (C=O) groups is 6. The van der Waals surface area contributed by atoms with Gasteiger partial charge < -0.3 is 19.2 Å². The molecule has 3 aromatic heterocycles. The van der Waals surface area contributed by atoms with Crippen LogP contribution in [0.2, 0.25) is 10.3 Å². The predicted octanol–water partition coefficient (Wildman–Crippen LogP) is 9.94. The van der Waals surface area contributed by atoms with Crippen LogP contribution in [0.4, 0.5) is 0 Å². The minimum absolute atomic E-state index is 0.0133. The smallest absolute Gasteiger partial charge is 0.332 e. The molecule has 0 radical (unpaired) electrons. The topological polar surface area (TPSA) is 217 Å². The van der Waals surface area contributed by atoms with Crippen molar-refractivity contribution in [2.75, 3.05) is 0 Å². The summed E-state index contributed by atoms with van der Waals surface area (Å²) in [6.07, 6.45) is 4.91. The molecule has 0 saturated carbocycles. The number of amides is 4. The number of nitrogens with one attached hydrogen (secondary N) is 1. The van der Waals surface area contributed by atoms with Crippen LogP contribution in [0.1, 0.15) is 120 Å². The number of halogens is 2. The van der Waals surface area contributed by atoms with E-state index in [1.54, 1.807) is 9.36 Å². The van der Waals surface area contributed by atoms with E-state index in [0.29, 0.717) is 40.4 Å². The number of hydrogen-bond acceptors (Lipinski definition) is 13. The number of aryl methyl sites for hydroxylation is 2. The molecule has 10 rings (SSSR count). The molecule has 18 nitrogen and oxygen atoms in total. The Balaban J connectivity index is 0.000000303. The van der Waals surface area contributed by atoms with E-state index in [0.717, 1.165) is 64.6 Å². The standard InChI is InChI=1S/C45H38ClN7O4.C12H14ClN3O4/c1-2-3-23-38-47-42(46)41(44(56)57-52-39(54)28-29-40(52)55)51(38)30-31-24-26-32(27-25-31)36-21-13-14-22-37(36)43-48-50-53(49-43)45(33-15-7-4-8-16-33,34-17-9-5-10-18-34)35-19-11-6-12-20-35;1-2-3-4-7-14-10(11(13)15-7)12(19)20-16-8(17)5-6-9(16)18/h4-22,24-27H,2-3,23,28-30H2,1H3;2-6H2,1H3,(H,14,15). The number of rotatable bonds is 18. The van der Waals surface area contributed by atoms with Gasteiger partial charge >= 0.3 is 11.9 Å². The number of carbonyl (C=O) groups excluding carboxylic acids is 6. The number of aromatic amines is 1. The molecule has 392 valence electrons. The Bertz CT molecular complexity index is 3310. The summed E-state index contributed by atoms with van der Waals surface area (Å²) in [6.45, 7) is 4.35. The second-order valence-electron chi connectivity index (χ2n) is 18.2. The number of unbranched alkanes of at least 4 members (excludes halogenated alkanes) is 2. The van der Waals surface area contributed by atoms with Crippen LogP contribution >= 0.6 is 23.2 Å². The van der Waals surface area contributed by atoms with Crippen molar-refractivity contribution in [1.29, 1.82) is 0 Å². The molecule has 0 atom stereocenters. The summed E-state index contributed by atoms with van der Waals surface area (Å²) < 4.78 is 1.70. The van der Waals surface area contributed by atoms with Gasteiger partial charge in [-0.15, -0.1) is 25.1 Å². The molecule has 2 fully saturated rings. The minimum atomic E-state index is -0.919. The third kappa shape index (κ3) is 11.3. The van der Waals surface area contributed by atoms with E-state index < -0.39 is 41.1 Å². The molecular weight excluding hydrogens is 1020 g/mol. The average Bonchev–Trinajstić information content (AvgIpc) is 4.30. The van der Waals surface area contributed by atoms with E-state index in [1.807, 2.05) is 110 Å². The second-order valence-corrected chi connectivity index (χ2v) is 18.9. The zero-order valence-electron chi connectivity index (χ0n) is 42.1. The highest BCUT2D eigenvalue weighted by atomic mass is 35.5. The molecule has 2 aliphatic rings. The van der Waals surface area contributed by atoms with Crippen molar-refractivity contribution in [1.82, 2.24) is 49.9 Å². The first kappa shape index (κ1) is 53.2. The minimum Gasteiger partial charge on any atom is -0.332 e. The Hall–Kier alpha value is -8.61. The van der Waals surface area contributed by atoms with Gasteiger partial charge in [0.2, 0.25) is 5.82 Å². The van der Waals surface area contributed by atoms with E-state index in [2.05, 4.69) is 63.4 Å². The Morgan fingerprint density at radius 3 is 1.64 bits per heavy atom. The summed E-state index contributed by atoms with van der Waals surface area (Å²) in [4.78, 5) is 95.4. The Morgan fingerprint density at radius 2 is 1.10 bits per heavy atom. The van der Waals surface area contributed by atoms with E-state index in [-0.39, 0.29) is 53.9 Å². The molecule has 5 heterocycles. The lowest BCUT2D eigenvalue weighted by Gasteiger charge is -2.34. The molecular formula is C57H52Cl2N10O8. The van der Waals surface area contributed by atoms with Gasteiger partial charge in [0.1, 0.15) is 16.8 Å². The maximum absolute atomic E-state index is 13.4. The number of tetrazole rings is 1. The number of imidazole rings is 2. The molecule has 0 spiro atoms. The van der Waals surface area contributed by atoms with Crippen molar-refractivity contribution in [3.05, 3.63) is 195 Å². The van der Waals surface area contributed by atoms with Gasteiger partial charge in [-0.1, -0.05) is 189 Å². The van der Waals surface area contributed by atoms with Crippen LogP contribution in [-0.2, 0) is 53.8 Å². The molecule has 8 aromatic rings. The van der Waals surface area contributed by atoms with Crippen LogP contribution in [-0.4, -0.2) is 85.4 Å². The van der Waals surface area contributed by atoms with Crippen molar-refractivity contribution >= 4 is 58.8 Å². The molecule has 5 aromatic carbocycles. The SMILES string of the molecule is CCCCc1nc(C(=O)ON2C(=O)CCC2=O)c(Cl)[nH]1.CCCCc1nc(Cl)c(C(=O)ON2C(=O)CCC2=O)n1Cc1ccc(-c2ccccc2-c2nnn(C(c3ccccc3)(c3ccccc3)c3ccccc3)n2)cc1. The van der Waals surface area contributed by atoms with Gasteiger partial charge in [-0.25, -0.2) is 19.6 Å². The van der Waals surface area contributed by atoms with Crippen molar-refractivity contribution in [2.45, 2.75) is 90.1 Å². The summed E-state index contributed by atoms with van der Waals surface area (Å²) in [6, 6.07) is 46.5. The van der Waals surface area contributed by atoms with Crippen LogP contribution in [0, 0.1) is 0 Å². The molecule has 0 bridgehead atoms. The Morgan fingerprint density at radius 1 is 0.610 bits per heavy atom.